The van der Waals surface area contributed by atoms with Crippen molar-refractivity contribution in [3.8, 4) is 10.6 Å². The van der Waals surface area contributed by atoms with E-state index in [4.69, 9.17) is 14.5 Å². The van der Waals surface area contributed by atoms with Crippen LogP contribution in [0.5, 0.6) is 0 Å². The molecule has 2 aromatic heterocycles. The number of para-hydroxylation sites is 1. The Morgan fingerprint density at radius 3 is 2.30 bits per heavy atom. The van der Waals surface area contributed by atoms with Crippen LogP contribution in [-0.2, 0) is 27.2 Å². The lowest BCUT2D eigenvalue weighted by molar-refractivity contribution is -0.116. The van der Waals surface area contributed by atoms with Gasteiger partial charge in [-0.05, 0) is 97.7 Å². The Kier molecular flexibility index (Phi) is 10.9. The molecule has 11 nitrogen and oxygen atoms in total. The molecule has 266 valence electrons. The van der Waals surface area contributed by atoms with Crippen LogP contribution in [0.3, 0.4) is 0 Å². The summed E-state index contributed by atoms with van der Waals surface area (Å²) in [5.41, 5.74) is 2.39. The predicted octanol–water partition coefficient (Wildman–Crippen LogP) is 8.54. The fourth-order valence-corrected chi connectivity index (χ4v) is 7.76. The van der Waals surface area contributed by atoms with Gasteiger partial charge in [0.1, 0.15) is 21.2 Å². The zero-order valence-corrected chi connectivity index (χ0v) is 31.5. The maximum absolute atomic E-state index is 13.5. The molecule has 1 aliphatic heterocycles. The highest BCUT2D eigenvalue weighted by Crippen LogP contribution is 2.46. The van der Waals surface area contributed by atoms with Crippen molar-refractivity contribution in [1.29, 1.82) is 0 Å². The van der Waals surface area contributed by atoms with Gasteiger partial charge in [0.25, 0.3) is 5.91 Å². The Bertz CT molecular complexity index is 1890. The molecule has 0 fully saturated rings. The van der Waals surface area contributed by atoms with Gasteiger partial charge in [-0.2, -0.15) is 0 Å². The number of aromatic nitrogens is 1. The number of nitrogens with zero attached hydrogens (tertiary/aromatic N) is 3. The van der Waals surface area contributed by atoms with Gasteiger partial charge in [0.2, 0.25) is 5.91 Å². The molecule has 0 saturated heterocycles. The lowest BCUT2D eigenvalue weighted by Gasteiger charge is -2.30. The third-order valence-electron chi connectivity index (χ3n) is 7.69. The number of carbonyl (C=O) groups excluding carboxylic acids is 4. The molecule has 0 aliphatic carbocycles. The number of amides is 4. The van der Waals surface area contributed by atoms with Crippen LogP contribution in [-0.4, -0.2) is 69.1 Å². The van der Waals surface area contributed by atoms with E-state index in [1.54, 1.807) is 21.9 Å². The first kappa shape index (κ1) is 36.8. The Labute approximate surface area is 301 Å². The average Bonchev–Trinajstić information content (AvgIpc) is 3.59. The van der Waals surface area contributed by atoms with Crippen molar-refractivity contribution in [2.45, 2.75) is 92.0 Å². The number of ether oxygens (including phenoxy) is 2. The maximum Gasteiger partial charge on any atom is 0.410 e. The fourth-order valence-electron chi connectivity index (χ4n) is 5.39. The molecule has 4 aromatic rings. The van der Waals surface area contributed by atoms with E-state index in [9.17, 15) is 19.2 Å². The summed E-state index contributed by atoms with van der Waals surface area (Å²) in [5, 5.41) is 7.35. The van der Waals surface area contributed by atoms with Crippen molar-refractivity contribution in [1.82, 2.24) is 14.8 Å². The third-order valence-corrected chi connectivity index (χ3v) is 9.87. The van der Waals surface area contributed by atoms with E-state index in [1.165, 1.54) is 22.7 Å². The number of rotatable bonds is 8. The highest BCUT2D eigenvalue weighted by molar-refractivity contribution is 7.23. The summed E-state index contributed by atoms with van der Waals surface area (Å²) in [6.07, 6.45) is -0.248. The molecule has 50 heavy (non-hydrogen) atoms. The van der Waals surface area contributed by atoms with Crippen LogP contribution < -0.4 is 10.6 Å². The number of hydrogen-bond donors (Lipinski definition) is 2. The number of hydrogen-bond acceptors (Lipinski definition) is 9. The number of benzene rings is 2. The second-order valence-electron chi connectivity index (χ2n) is 14.4. The third kappa shape index (κ3) is 9.19. The van der Waals surface area contributed by atoms with Crippen molar-refractivity contribution in [2.75, 3.05) is 23.7 Å². The molecule has 0 bridgehead atoms. The van der Waals surface area contributed by atoms with Gasteiger partial charge < -0.3 is 29.9 Å². The van der Waals surface area contributed by atoms with Crippen LogP contribution in [0.4, 0.5) is 20.3 Å². The number of anilines is 2. The largest absolute Gasteiger partial charge is 0.444 e. The van der Waals surface area contributed by atoms with E-state index in [2.05, 4.69) is 10.6 Å². The van der Waals surface area contributed by atoms with Crippen LogP contribution in [0.25, 0.3) is 20.8 Å². The topological polar surface area (TPSA) is 130 Å². The van der Waals surface area contributed by atoms with Gasteiger partial charge in [-0.3, -0.25) is 9.59 Å². The van der Waals surface area contributed by atoms with Gasteiger partial charge in [0, 0.05) is 47.2 Å². The van der Waals surface area contributed by atoms with E-state index in [0.29, 0.717) is 46.3 Å². The zero-order chi connectivity index (χ0) is 36.4. The van der Waals surface area contributed by atoms with Crippen LogP contribution >= 0.6 is 22.7 Å². The second kappa shape index (κ2) is 14.8. The SMILES string of the molecule is CC(C)N(CCC(=O)Nc1sc2c(c1-c1nc3cc(C(=O)Nc4ccccc4)ccc3s1)CCN(C(=O)OC(C)(C)C)C2)C(=O)OC(C)(C)C. The minimum Gasteiger partial charge on any atom is -0.444 e. The highest BCUT2D eigenvalue weighted by Gasteiger charge is 2.32. The first-order valence-corrected chi connectivity index (χ1v) is 18.3. The molecule has 13 heteroatoms. The monoisotopic (exact) mass is 719 g/mol. The summed E-state index contributed by atoms with van der Waals surface area (Å²) in [5.74, 6) is -0.499. The summed E-state index contributed by atoms with van der Waals surface area (Å²) >= 11 is 2.89. The molecule has 0 atom stereocenters. The van der Waals surface area contributed by atoms with Gasteiger partial charge in [0.15, 0.2) is 0 Å². The summed E-state index contributed by atoms with van der Waals surface area (Å²) in [6.45, 7) is 15.7. The minimum absolute atomic E-state index is 0.0587. The standard InChI is InChI=1S/C37H45N5O6S2/c1-22(2)42(35(46)48-37(6,7)8)19-17-29(43)40-33-30(25-16-18-41(21-28(25)50-33)34(45)47-36(3,4)5)32-39-26-20-23(14-15-27(26)49-32)31(44)38-24-12-10-9-11-13-24/h9-15,20,22H,16-19,21H2,1-8H3,(H,38,44)(H,40,43). The Balaban J connectivity index is 1.43. The van der Waals surface area contributed by atoms with Gasteiger partial charge >= 0.3 is 12.2 Å². The highest BCUT2D eigenvalue weighted by atomic mass is 32.1. The smallest absolute Gasteiger partial charge is 0.410 e. The van der Waals surface area contributed by atoms with Crippen LogP contribution in [0.1, 0.15) is 82.6 Å². The van der Waals surface area contributed by atoms with Crippen molar-refractivity contribution in [2.24, 2.45) is 0 Å². The van der Waals surface area contributed by atoms with Crippen LogP contribution in [0.2, 0.25) is 0 Å². The molecule has 0 radical (unpaired) electrons. The predicted molar refractivity (Wildman–Crippen MR) is 199 cm³/mol. The summed E-state index contributed by atoms with van der Waals surface area (Å²) in [7, 11) is 0. The van der Waals surface area contributed by atoms with Crippen molar-refractivity contribution < 1.29 is 28.7 Å². The zero-order valence-electron chi connectivity index (χ0n) is 29.8. The number of nitrogens with one attached hydrogen (secondary N) is 2. The fraction of sp³-hybridized carbons (Fsp3) is 0.432. The van der Waals surface area contributed by atoms with Crippen molar-refractivity contribution in [3.05, 3.63) is 64.5 Å². The molecule has 5 rings (SSSR count). The van der Waals surface area contributed by atoms with Crippen molar-refractivity contribution in [3.63, 3.8) is 0 Å². The van der Waals surface area contributed by atoms with Gasteiger partial charge in [0.05, 0.1) is 16.8 Å². The van der Waals surface area contributed by atoms with Gasteiger partial charge in [-0.1, -0.05) is 18.2 Å². The van der Waals surface area contributed by atoms with Gasteiger partial charge in [-0.25, -0.2) is 14.6 Å². The quantitative estimate of drug-likeness (QED) is 0.187. The molecule has 3 heterocycles. The van der Waals surface area contributed by atoms with E-state index in [-0.39, 0.29) is 36.9 Å². The lowest BCUT2D eigenvalue weighted by atomic mass is 10.0. The van der Waals surface area contributed by atoms with Crippen LogP contribution in [0.15, 0.2) is 48.5 Å². The number of carbonyl (C=O) groups is 4. The molecular weight excluding hydrogens is 675 g/mol. The Hall–Kier alpha value is -4.49. The summed E-state index contributed by atoms with van der Waals surface area (Å²) in [6, 6.07) is 14.5. The molecule has 4 amide bonds. The molecule has 0 saturated carbocycles. The number of fused-ring (bicyclic) bond motifs is 2. The molecule has 0 spiro atoms. The van der Waals surface area contributed by atoms with E-state index >= 15 is 0 Å². The number of thiophene rings is 1. The maximum atomic E-state index is 13.5. The van der Waals surface area contributed by atoms with E-state index in [0.717, 1.165) is 20.7 Å². The number of thiazole rings is 1. The minimum atomic E-state index is -0.658. The Morgan fingerprint density at radius 2 is 1.64 bits per heavy atom. The van der Waals surface area contributed by atoms with Crippen LogP contribution in [0, 0.1) is 0 Å². The first-order chi connectivity index (χ1) is 23.5. The average molecular weight is 720 g/mol. The molecular formula is C37H45N5O6S2. The second-order valence-corrected chi connectivity index (χ2v) is 16.6. The Morgan fingerprint density at radius 1 is 0.940 bits per heavy atom. The van der Waals surface area contributed by atoms with Crippen molar-refractivity contribution >= 4 is 67.6 Å². The van der Waals surface area contributed by atoms with E-state index in [1.807, 2.05) is 91.8 Å². The first-order valence-electron chi connectivity index (χ1n) is 16.7. The van der Waals surface area contributed by atoms with E-state index < -0.39 is 17.3 Å². The lowest BCUT2D eigenvalue weighted by Crippen LogP contribution is -2.42. The molecule has 1 aliphatic rings. The van der Waals surface area contributed by atoms with Gasteiger partial charge in [-0.15, -0.1) is 22.7 Å². The summed E-state index contributed by atoms with van der Waals surface area (Å²) < 4.78 is 12.1. The normalized spacial score (nSPS) is 13.2. The molecule has 2 N–H and O–H groups in total. The molecule has 2 aromatic carbocycles. The molecule has 0 unspecified atom stereocenters. The summed E-state index contributed by atoms with van der Waals surface area (Å²) in [4.78, 5) is 61.5.